The Bertz CT molecular complexity index is 539. The Morgan fingerprint density at radius 3 is 2.50 bits per heavy atom. The summed E-state index contributed by atoms with van der Waals surface area (Å²) in [5.74, 6) is -0.312. The summed E-state index contributed by atoms with van der Waals surface area (Å²) in [6.45, 7) is 7.05. The number of carbonyl (C=O) groups excluding carboxylic acids is 2. The Morgan fingerprint density at radius 2 is 1.90 bits per heavy atom. The maximum absolute atomic E-state index is 12.5. The first-order valence-electron chi connectivity index (χ1n) is 6.88. The van der Waals surface area contributed by atoms with Gasteiger partial charge in [0.05, 0.1) is 13.0 Å². The van der Waals surface area contributed by atoms with Gasteiger partial charge in [-0.1, -0.05) is 13.0 Å². The van der Waals surface area contributed by atoms with Crippen LogP contribution in [0.5, 0.6) is 0 Å². The van der Waals surface area contributed by atoms with Crippen molar-refractivity contribution in [1.82, 2.24) is 4.90 Å². The molecule has 20 heavy (non-hydrogen) atoms. The quantitative estimate of drug-likeness (QED) is 0.777. The third-order valence-corrected chi connectivity index (χ3v) is 4.16. The van der Waals surface area contributed by atoms with Gasteiger partial charge in [0.2, 0.25) is 0 Å². The van der Waals surface area contributed by atoms with Crippen LogP contribution in [0.2, 0.25) is 0 Å². The molecule has 1 aromatic rings. The van der Waals surface area contributed by atoms with Crippen molar-refractivity contribution in [2.45, 2.75) is 20.8 Å². The van der Waals surface area contributed by atoms with Crippen LogP contribution in [0.1, 0.15) is 28.4 Å². The van der Waals surface area contributed by atoms with E-state index < -0.39 is 0 Å². The summed E-state index contributed by atoms with van der Waals surface area (Å²) < 4.78 is 4.80. The fraction of sp³-hybridized carbons (Fsp3) is 0.500. The Kier molecular flexibility index (Phi) is 4.12. The summed E-state index contributed by atoms with van der Waals surface area (Å²) in [6.07, 6.45) is 0. The largest absolute Gasteiger partial charge is 0.469 e. The topological polar surface area (TPSA) is 46.6 Å². The Balaban J connectivity index is 2.14. The molecule has 1 aliphatic rings. The fourth-order valence-corrected chi connectivity index (χ4v) is 2.65. The van der Waals surface area contributed by atoms with Crippen LogP contribution in [-0.4, -0.2) is 37.0 Å². The van der Waals surface area contributed by atoms with Crippen LogP contribution in [0, 0.1) is 25.7 Å². The van der Waals surface area contributed by atoms with E-state index in [0.29, 0.717) is 18.7 Å². The molecule has 2 rings (SSSR count). The van der Waals surface area contributed by atoms with Gasteiger partial charge < -0.3 is 9.64 Å². The molecule has 0 saturated carbocycles. The minimum Gasteiger partial charge on any atom is -0.469 e. The van der Waals surface area contributed by atoms with Crippen molar-refractivity contribution in [3.8, 4) is 0 Å². The lowest BCUT2D eigenvalue weighted by Crippen LogP contribution is -2.30. The highest BCUT2D eigenvalue weighted by Gasteiger charge is 2.37. The number of likely N-dealkylation sites (tertiary alicyclic amines) is 1. The molecule has 1 heterocycles. The number of benzene rings is 1. The molecule has 0 bridgehead atoms. The van der Waals surface area contributed by atoms with E-state index in [1.54, 1.807) is 4.90 Å². The summed E-state index contributed by atoms with van der Waals surface area (Å²) in [5.41, 5.74) is 2.96. The number of methoxy groups -OCH3 is 1. The monoisotopic (exact) mass is 275 g/mol. The molecule has 0 spiro atoms. The Morgan fingerprint density at radius 1 is 1.20 bits per heavy atom. The number of aryl methyl sites for hydroxylation is 2. The van der Waals surface area contributed by atoms with Crippen LogP contribution < -0.4 is 0 Å². The molecular weight excluding hydrogens is 254 g/mol. The lowest BCUT2D eigenvalue weighted by atomic mass is 9.99. The van der Waals surface area contributed by atoms with Gasteiger partial charge in [0.1, 0.15) is 0 Å². The van der Waals surface area contributed by atoms with Gasteiger partial charge >= 0.3 is 5.97 Å². The van der Waals surface area contributed by atoms with Crippen LogP contribution in [0.15, 0.2) is 18.2 Å². The van der Waals surface area contributed by atoms with Gasteiger partial charge in [-0.25, -0.2) is 0 Å². The first-order valence-corrected chi connectivity index (χ1v) is 6.88. The van der Waals surface area contributed by atoms with Crippen LogP contribution in [0.25, 0.3) is 0 Å². The molecule has 0 N–H and O–H groups in total. The van der Waals surface area contributed by atoms with Crippen LogP contribution in [-0.2, 0) is 9.53 Å². The number of esters is 1. The summed E-state index contributed by atoms with van der Waals surface area (Å²) in [5, 5.41) is 0. The van der Waals surface area contributed by atoms with Crippen molar-refractivity contribution in [1.29, 1.82) is 0 Å². The number of hydrogen-bond donors (Lipinski definition) is 0. The molecule has 0 aliphatic carbocycles. The van der Waals surface area contributed by atoms with E-state index in [2.05, 4.69) is 0 Å². The molecule has 0 aromatic heterocycles. The first-order chi connectivity index (χ1) is 9.43. The van der Waals surface area contributed by atoms with Crippen molar-refractivity contribution in [2.75, 3.05) is 20.2 Å². The molecule has 2 unspecified atom stereocenters. The van der Waals surface area contributed by atoms with E-state index in [4.69, 9.17) is 4.74 Å². The highest BCUT2D eigenvalue weighted by atomic mass is 16.5. The minimum atomic E-state index is -0.229. The third kappa shape index (κ3) is 2.69. The van der Waals surface area contributed by atoms with Gasteiger partial charge in [-0.3, -0.25) is 9.59 Å². The second kappa shape index (κ2) is 5.65. The standard InChI is InChI=1S/C16H21NO3/c1-10-5-6-13(7-11(10)2)15(18)17-8-12(3)14(9-17)16(19)20-4/h5-7,12,14H,8-9H2,1-4H3. The van der Waals surface area contributed by atoms with Crippen molar-refractivity contribution in [3.05, 3.63) is 34.9 Å². The number of amides is 1. The molecule has 108 valence electrons. The highest BCUT2D eigenvalue weighted by molar-refractivity contribution is 5.95. The zero-order valence-electron chi connectivity index (χ0n) is 12.5. The number of nitrogens with zero attached hydrogens (tertiary/aromatic N) is 1. The van der Waals surface area contributed by atoms with Gasteiger partial charge in [0, 0.05) is 18.7 Å². The summed E-state index contributed by atoms with van der Waals surface area (Å²) in [6, 6.07) is 5.72. The maximum Gasteiger partial charge on any atom is 0.310 e. The number of ether oxygens (including phenoxy) is 1. The number of hydrogen-bond acceptors (Lipinski definition) is 3. The smallest absolute Gasteiger partial charge is 0.310 e. The average Bonchev–Trinajstić information content (AvgIpc) is 2.82. The second-order valence-electron chi connectivity index (χ2n) is 5.62. The number of carbonyl (C=O) groups is 2. The molecule has 0 radical (unpaired) electrons. The van der Waals surface area contributed by atoms with Gasteiger partial charge in [-0.05, 0) is 43.0 Å². The van der Waals surface area contributed by atoms with Gasteiger partial charge in [-0.2, -0.15) is 0 Å². The van der Waals surface area contributed by atoms with Gasteiger partial charge in [0.25, 0.3) is 5.91 Å². The summed E-state index contributed by atoms with van der Waals surface area (Å²) >= 11 is 0. The lowest BCUT2D eigenvalue weighted by molar-refractivity contribution is -0.146. The van der Waals surface area contributed by atoms with E-state index in [1.165, 1.54) is 12.7 Å². The Labute approximate surface area is 119 Å². The zero-order chi connectivity index (χ0) is 14.9. The van der Waals surface area contributed by atoms with Crippen molar-refractivity contribution < 1.29 is 14.3 Å². The highest BCUT2D eigenvalue weighted by Crippen LogP contribution is 2.25. The lowest BCUT2D eigenvalue weighted by Gasteiger charge is -2.16. The van der Waals surface area contributed by atoms with Crippen molar-refractivity contribution in [2.24, 2.45) is 11.8 Å². The van der Waals surface area contributed by atoms with Crippen molar-refractivity contribution in [3.63, 3.8) is 0 Å². The van der Waals surface area contributed by atoms with Crippen LogP contribution in [0.4, 0.5) is 0 Å². The predicted octanol–water partition coefficient (Wildman–Crippen LogP) is 2.18. The molecule has 1 aromatic carbocycles. The van der Waals surface area contributed by atoms with E-state index in [0.717, 1.165) is 5.56 Å². The van der Waals surface area contributed by atoms with Crippen LogP contribution in [0.3, 0.4) is 0 Å². The SMILES string of the molecule is COC(=O)C1CN(C(=O)c2ccc(C)c(C)c2)CC1C. The Hall–Kier alpha value is -1.84. The second-order valence-corrected chi connectivity index (χ2v) is 5.62. The van der Waals surface area contributed by atoms with E-state index in [9.17, 15) is 9.59 Å². The summed E-state index contributed by atoms with van der Waals surface area (Å²) in [4.78, 5) is 25.9. The van der Waals surface area contributed by atoms with E-state index in [-0.39, 0.29) is 23.7 Å². The van der Waals surface area contributed by atoms with Crippen molar-refractivity contribution >= 4 is 11.9 Å². The summed E-state index contributed by atoms with van der Waals surface area (Å²) in [7, 11) is 1.39. The minimum absolute atomic E-state index is 0.00801. The molecule has 1 fully saturated rings. The zero-order valence-corrected chi connectivity index (χ0v) is 12.5. The third-order valence-electron chi connectivity index (χ3n) is 4.16. The molecule has 2 atom stereocenters. The van der Waals surface area contributed by atoms with E-state index >= 15 is 0 Å². The molecule has 4 heteroatoms. The average molecular weight is 275 g/mol. The number of rotatable bonds is 2. The molecule has 1 amide bonds. The maximum atomic E-state index is 12.5. The molecule has 4 nitrogen and oxygen atoms in total. The van der Waals surface area contributed by atoms with Gasteiger partial charge in [0.15, 0.2) is 0 Å². The van der Waals surface area contributed by atoms with E-state index in [1.807, 2.05) is 39.0 Å². The molecule has 1 aliphatic heterocycles. The predicted molar refractivity (Wildman–Crippen MR) is 76.5 cm³/mol. The molecule has 1 saturated heterocycles. The van der Waals surface area contributed by atoms with Gasteiger partial charge in [-0.15, -0.1) is 0 Å². The first kappa shape index (κ1) is 14.6. The fourth-order valence-electron chi connectivity index (χ4n) is 2.65. The van der Waals surface area contributed by atoms with Crippen LogP contribution >= 0.6 is 0 Å². The molecular formula is C16H21NO3. The normalized spacial score (nSPS) is 21.9.